The van der Waals surface area contributed by atoms with E-state index in [0.717, 1.165) is 0 Å². The van der Waals surface area contributed by atoms with Crippen LogP contribution in [0, 0.1) is 0 Å². The Labute approximate surface area is 392 Å². The van der Waals surface area contributed by atoms with Crippen molar-refractivity contribution < 1.29 is 43.2 Å². The minimum atomic E-state index is -1.85. The lowest BCUT2D eigenvalue weighted by molar-refractivity contribution is -0.138. The van der Waals surface area contributed by atoms with E-state index in [0.29, 0.717) is 11.3 Å². The molecule has 3 rings (SSSR count). The standard InChI is InChI=1S/C42H65N17O9/c1-24(60)54-29(14-9-17-51-41(46)47)36(65)57-31-19-32(61)49-15-7-6-12-27(34(43)63)55-33(62)22-52-35(64)28(13-8-16-50-40(44)45)58-39(68)42(2,20-25-10-4-3-5-11-25)59-38(67)30(56-37(31)66)18-26-21-48-23-53-26/h3-5,10-11,21,23,27-31H,6-9,12-20,22H2,1-2H3,(H2,43,63)(H,48,53)(H,49,61)(H,52,64)(H,54,60)(H,55,62)(H,56,66)(H,57,65)(H,58,68)(H,59,67)(H4,44,45,50)(H4,46,47,51)/t27?,28-,29-,30-,31?,42-/m0/s1. The summed E-state index contributed by atoms with van der Waals surface area (Å²) in [5.74, 6) is -7.60. The first-order valence-electron chi connectivity index (χ1n) is 22.0. The molecule has 0 saturated carbocycles. The van der Waals surface area contributed by atoms with Crippen LogP contribution >= 0.6 is 0 Å². The highest BCUT2D eigenvalue weighted by Gasteiger charge is 2.40. The number of aromatic amines is 1. The highest BCUT2D eigenvalue weighted by atomic mass is 16.2. The maximum Gasteiger partial charge on any atom is 0.246 e. The van der Waals surface area contributed by atoms with Gasteiger partial charge in [0.15, 0.2) is 11.9 Å². The zero-order valence-corrected chi connectivity index (χ0v) is 38.2. The number of carbonyl (C=O) groups excluding carboxylic acids is 9. The Kier molecular flexibility index (Phi) is 22.2. The van der Waals surface area contributed by atoms with Gasteiger partial charge in [-0.1, -0.05) is 30.3 Å². The van der Waals surface area contributed by atoms with Gasteiger partial charge in [-0.2, -0.15) is 0 Å². The lowest BCUT2D eigenvalue weighted by Gasteiger charge is -2.33. The molecule has 1 aliphatic heterocycles. The molecule has 1 fully saturated rings. The van der Waals surface area contributed by atoms with E-state index in [-0.39, 0.29) is 89.3 Å². The van der Waals surface area contributed by atoms with E-state index in [1.807, 2.05) is 0 Å². The Morgan fingerprint density at radius 1 is 0.838 bits per heavy atom. The number of nitrogens with one attached hydrogen (secondary N) is 9. The molecule has 2 unspecified atom stereocenters. The Hall–Kier alpha value is -7.80. The van der Waals surface area contributed by atoms with Crippen LogP contribution < -0.4 is 71.2 Å². The fourth-order valence-electron chi connectivity index (χ4n) is 7.01. The molecule has 2 aromatic rings. The van der Waals surface area contributed by atoms with E-state index >= 15 is 0 Å². The molecule has 1 aliphatic rings. The van der Waals surface area contributed by atoms with E-state index in [1.165, 1.54) is 26.4 Å². The molecule has 1 aromatic heterocycles. The second kappa shape index (κ2) is 27.6. The molecule has 372 valence electrons. The van der Waals surface area contributed by atoms with Crippen LogP contribution in [-0.2, 0) is 56.0 Å². The summed E-state index contributed by atoms with van der Waals surface area (Å²) in [5, 5.41) is 20.8. The van der Waals surface area contributed by atoms with Gasteiger partial charge in [0.1, 0.15) is 35.7 Å². The summed E-state index contributed by atoms with van der Waals surface area (Å²) in [5.41, 5.74) is 26.5. The third-order valence-electron chi connectivity index (χ3n) is 10.5. The maximum absolute atomic E-state index is 14.6. The van der Waals surface area contributed by atoms with Crippen molar-refractivity contribution in [3.63, 3.8) is 0 Å². The molecule has 26 heteroatoms. The van der Waals surface area contributed by atoms with Gasteiger partial charge in [0.25, 0.3) is 0 Å². The summed E-state index contributed by atoms with van der Waals surface area (Å²) >= 11 is 0. The van der Waals surface area contributed by atoms with Gasteiger partial charge in [0, 0.05) is 51.3 Å². The first-order valence-corrected chi connectivity index (χ1v) is 22.0. The monoisotopic (exact) mass is 952 g/mol. The van der Waals surface area contributed by atoms with Crippen LogP contribution in [0.1, 0.15) is 76.5 Å². The van der Waals surface area contributed by atoms with Crippen molar-refractivity contribution in [3.05, 3.63) is 54.1 Å². The molecule has 68 heavy (non-hydrogen) atoms. The molecule has 6 atom stereocenters. The average molecular weight is 952 g/mol. The highest BCUT2D eigenvalue weighted by molar-refractivity contribution is 5.99. The lowest BCUT2D eigenvalue weighted by Crippen LogP contribution is -2.65. The number of hydrogen-bond donors (Lipinski definition) is 14. The molecular weight excluding hydrogens is 887 g/mol. The first-order chi connectivity index (χ1) is 32.3. The molecule has 26 nitrogen and oxygen atoms in total. The van der Waals surface area contributed by atoms with Gasteiger partial charge < -0.3 is 76.2 Å². The number of nitrogens with two attached hydrogens (primary N) is 5. The molecule has 0 bridgehead atoms. The zero-order chi connectivity index (χ0) is 50.2. The molecule has 19 N–H and O–H groups in total. The number of primary amides is 1. The van der Waals surface area contributed by atoms with Crippen LogP contribution in [0.15, 0.2) is 52.8 Å². The van der Waals surface area contributed by atoms with Crippen LogP contribution in [0.4, 0.5) is 0 Å². The molecule has 0 spiro atoms. The predicted molar refractivity (Wildman–Crippen MR) is 248 cm³/mol. The minimum Gasteiger partial charge on any atom is -0.370 e. The highest BCUT2D eigenvalue weighted by Crippen LogP contribution is 2.17. The van der Waals surface area contributed by atoms with Crippen molar-refractivity contribution in [2.24, 2.45) is 38.7 Å². The molecule has 1 saturated heterocycles. The number of aromatic nitrogens is 2. The SMILES string of the molecule is CC(=O)N[C@@H](CCCN=C(N)N)C(=O)NC1CC(=O)NCCCCC(C(N)=O)NC(=O)CNC(=O)[C@H](CCCN=C(N)N)NC(=O)[C@](C)(Cc2ccccc2)NC(=O)[C@H](Cc2cnc[nH]2)NC1=O. The van der Waals surface area contributed by atoms with Crippen LogP contribution in [0.5, 0.6) is 0 Å². The number of H-pyrrole nitrogens is 1. The number of amides is 9. The number of hydrogen-bond acceptors (Lipinski definition) is 12. The van der Waals surface area contributed by atoms with Gasteiger partial charge in [0.05, 0.1) is 19.3 Å². The van der Waals surface area contributed by atoms with Gasteiger partial charge in [-0.25, -0.2) is 4.98 Å². The molecule has 0 aliphatic carbocycles. The van der Waals surface area contributed by atoms with Crippen molar-refractivity contribution in [2.75, 3.05) is 26.2 Å². The summed E-state index contributed by atoms with van der Waals surface area (Å²) < 4.78 is 0. The van der Waals surface area contributed by atoms with E-state index in [9.17, 15) is 43.2 Å². The van der Waals surface area contributed by atoms with E-state index in [2.05, 4.69) is 62.5 Å². The van der Waals surface area contributed by atoms with Crippen molar-refractivity contribution in [1.82, 2.24) is 52.5 Å². The van der Waals surface area contributed by atoms with Gasteiger partial charge in [-0.3, -0.25) is 53.1 Å². The zero-order valence-electron chi connectivity index (χ0n) is 38.2. The van der Waals surface area contributed by atoms with Crippen LogP contribution in [0.25, 0.3) is 0 Å². The van der Waals surface area contributed by atoms with E-state index < -0.39 is 102 Å². The number of imidazole rings is 1. The predicted octanol–water partition coefficient (Wildman–Crippen LogP) is -5.09. The Morgan fingerprint density at radius 2 is 1.53 bits per heavy atom. The number of rotatable bonds is 16. The Bertz CT molecular complexity index is 2110. The van der Waals surface area contributed by atoms with Gasteiger partial charge in [-0.15, -0.1) is 0 Å². The summed E-state index contributed by atoms with van der Waals surface area (Å²) in [4.78, 5) is 137. The van der Waals surface area contributed by atoms with Crippen molar-refractivity contribution in [1.29, 1.82) is 0 Å². The van der Waals surface area contributed by atoms with Crippen molar-refractivity contribution in [2.45, 2.75) is 114 Å². The fraction of sp³-hybridized carbons (Fsp3) is 0.524. The number of benzene rings is 1. The number of aliphatic imine (C=N–C) groups is 2. The Morgan fingerprint density at radius 3 is 2.16 bits per heavy atom. The van der Waals surface area contributed by atoms with Crippen molar-refractivity contribution >= 4 is 65.1 Å². The quantitative estimate of drug-likeness (QED) is 0.0426. The molecule has 2 heterocycles. The van der Waals surface area contributed by atoms with Gasteiger partial charge in [0.2, 0.25) is 53.2 Å². The first kappa shape index (κ1) is 54.5. The second-order valence-electron chi connectivity index (χ2n) is 16.4. The maximum atomic E-state index is 14.6. The van der Waals surface area contributed by atoms with E-state index in [4.69, 9.17) is 28.7 Å². The fourth-order valence-corrected chi connectivity index (χ4v) is 7.01. The number of carbonyl (C=O) groups is 9. The number of guanidine groups is 2. The van der Waals surface area contributed by atoms with Crippen LogP contribution in [0.2, 0.25) is 0 Å². The lowest BCUT2D eigenvalue weighted by atomic mass is 9.90. The Balaban J connectivity index is 2.10. The van der Waals surface area contributed by atoms with Crippen LogP contribution in [-0.4, -0.2) is 137 Å². The number of nitrogens with zero attached hydrogens (tertiary/aromatic N) is 3. The molecular formula is C42H65N17O9. The minimum absolute atomic E-state index is 0.0289. The molecule has 0 radical (unpaired) electrons. The largest absolute Gasteiger partial charge is 0.370 e. The third-order valence-corrected chi connectivity index (χ3v) is 10.5. The summed E-state index contributed by atoms with van der Waals surface area (Å²) in [6, 6.07) is 1.82. The van der Waals surface area contributed by atoms with Crippen molar-refractivity contribution in [3.8, 4) is 0 Å². The molecule has 9 amide bonds. The van der Waals surface area contributed by atoms with Crippen LogP contribution in [0.3, 0.4) is 0 Å². The molecule has 1 aromatic carbocycles. The summed E-state index contributed by atoms with van der Waals surface area (Å²) in [7, 11) is 0. The van der Waals surface area contributed by atoms with Gasteiger partial charge >= 0.3 is 0 Å². The average Bonchev–Trinajstić information content (AvgIpc) is 3.79. The second-order valence-corrected chi connectivity index (χ2v) is 16.4. The summed E-state index contributed by atoms with van der Waals surface area (Å²) in [6.07, 6.45) is 2.77. The summed E-state index contributed by atoms with van der Waals surface area (Å²) in [6.45, 7) is 2.22. The normalized spacial score (nSPS) is 22.0. The topological polar surface area (TPSA) is 433 Å². The van der Waals surface area contributed by atoms with Gasteiger partial charge in [-0.05, 0) is 57.4 Å². The smallest absolute Gasteiger partial charge is 0.246 e. The third kappa shape index (κ3) is 19.7. The van der Waals surface area contributed by atoms with E-state index in [1.54, 1.807) is 30.3 Å².